The number of nitrogens with two attached hydrogens (primary N) is 1. The standard InChI is InChI=1S/C16H23ClN4O3S/c17-14-4-2-1-3-13(14)15-11-19-7-10-21(15)16(22)12-5-8-20(9-6-12)25(18,23)24/h1-4,12,15,19H,5-11H2,(H2,18,23,24). The van der Waals surface area contributed by atoms with E-state index in [1.807, 2.05) is 29.2 Å². The Hall–Kier alpha value is -1.19. The molecule has 2 aliphatic heterocycles. The van der Waals surface area contributed by atoms with Crippen molar-refractivity contribution in [2.45, 2.75) is 18.9 Å². The molecule has 2 heterocycles. The summed E-state index contributed by atoms with van der Waals surface area (Å²) in [6.45, 7) is 2.59. The number of piperidine rings is 1. The zero-order valence-corrected chi connectivity index (χ0v) is 15.5. The van der Waals surface area contributed by atoms with E-state index in [2.05, 4.69) is 5.32 Å². The fraction of sp³-hybridized carbons (Fsp3) is 0.562. The van der Waals surface area contributed by atoms with Crippen molar-refractivity contribution in [2.24, 2.45) is 11.1 Å². The molecule has 3 rings (SSSR count). The van der Waals surface area contributed by atoms with Crippen molar-refractivity contribution in [1.82, 2.24) is 14.5 Å². The van der Waals surface area contributed by atoms with Gasteiger partial charge in [0.15, 0.2) is 0 Å². The molecule has 3 N–H and O–H groups in total. The number of halogens is 1. The first-order valence-corrected chi connectivity index (χ1v) is 10.3. The van der Waals surface area contributed by atoms with E-state index in [4.69, 9.17) is 16.7 Å². The lowest BCUT2D eigenvalue weighted by Gasteiger charge is -2.40. The van der Waals surface area contributed by atoms with Crippen LogP contribution in [0.4, 0.5) is 0 Å². The van der Waals surface area contributed by atoms with Crippen molar-refractivity contribution in [1.29, 1.82) is 0 Å². The molecule has 138 valence electrons. The Kier molecular flexibility index (Phi) is 5.65. The summed E-state index contributed by atoms with van der Waals surface area (Å²) in [6.07, 6.45) is 0.989. The van der Waals surface area contributed by atoms with Gasteiger partial charge in [0.2, 0.25) is 5.91 Å². The van der Waals surface area contributed by atoms with Crippen molar-refractivity contribution in [3.63, 3.8) is 0 Å². The highest BCUT2D eigenvalue weighted by Gasteiger charge is 2.36. The molecular formula is C16H23ClN4O3S. The van der Waals surface area contributed by atoms with Gasteiger partial charge in [-0.2, -0.15) is 12.7 Å². The van der Waals surface area contributed by atoms with Crippen LogP contribution in [-0.2, 0) is 15.0 Å². The van der Waals surface area contributed by atoms with Crippen molar-refractivity contribution in [3.05, 3.63) is 34.9 Å². The first-order chi connectivity index (χ1) is 11.9. The Morgan fingerprint density at radius 2 is 1.88 bits per heavy atom. The Morgan fingerprint density at radius 3 is 2.52 bits per heavy atom. The van der Waals surface area contributed by atoms with Gasteiger partial charge in [0, 0.05) is 43.7 Å². The second kappa shape index (κ2) is 7.59. The summed E-state index contributed by atoms with van der Waals surface area (Å²) < 4.78 is 24.1. The summed E-state index contributed by atoms with van der Waals surface area (Å²) in [6, 6.07) is 7.47. The van der Waals surface area contributed by atoms with E-state index in [-0.39, 0.29) is 31.0 Å². The van der Waals surface area contributed by atoms with Gasteiger partial charge in [-0.3, -0.25) is 4.79 Å². The van der Waals surface area contributed by atoms with Crippen LogP contribution in [0.15, 0.2) is 24.3 Å². The lowest BCUT2D eigenvalue weighted by Crippen LogP contribution is -2.52. The van der Waals surface area contributed by atoms with Crippen LogP contribution in [0.3, 0.4) is 0 Å². The van der Waals surface area contributed by atoms with Gasteiger partial charge in [-0.05, 0) is 24.5 Å². The number of nitrogens with one attached hydrogen (secondary N) is 1. The normalized spacial score (nSPS) is 23.6. The van der Waals surface area contributed by atoms with Gasteiger partial charge < -0.3 is 10.2 Å². The molecule has 0 radical (unpaired) electrons. The van der Waals surface area contributed by atoms with Gasteiger partial charge in [0.25, 0.3) is 10.2 Å². The van der Waals surface area contributed by atoms with Gasteiger partial charge in [0.1, 0.15) is 0 Å². The van der Waals surface area contributed by atoms with Crippen LogP contribution in [-0.4, -0.2) is 56.3 Å². The van der Waals surface area contributed by atoms with Gasteiger partial charge in [0.05, 0.1) is 6.04 Å². The van der Waals surface area contributed by atoms with Crippen molar-refractivity contribution in [2.75, 3.05) is 32.7 Å². The van der Waals surface area contributed by atoms with Crippen LogP contribution in [0, 0.1) is 5.92 Å². The molecule has 0 aliphatic carbocycles. The number of hydrogen-bond donors (Lipinski definition) is 2. The smallest absolute Gasteiger partial charge is 0.276 e. The largest absolute Gasteiger partial charge is 0.333 e. The molecule has 0 bridgehead atoms. The molecule has 1 aromatic rings. The number of nitrogens with zero attached hydrogens (tertiary/aromatic N) is 2. The van der Waals surface area contributed by atoms with E-state index in [0.717, 1.165) is 12.1 Å². The third-order valence-corrected chi connectivity index (χ3v) is 6.38. The molecule has 1 atom stereocenters. The minimum atomic E-state index is -3.68. The molecule has 1 aromatic carbocycles. The third kappa shape index (κ3) is 4.15. The quantitative estimate of drug-likeness (QED) is 0.800. The van der Waals surface area contributed by atoms with Gasteiger partial charge in [-0.15, -0.1) is 0 Å². The number of rotatable bonds is 3. The molecule has 0 spiro atoms. The molecule has 7 nitrogen and oxygen atoms in total. The van der Waals surface area contributed by atoms with Gasteiger partial charge in [-0.1, -0.05) is 29.8 Å². The number of piperazine rings is 1. The van der Waals surface area contributed by atoms with E-state index >= 15 is 0 Å². The maximum Gasteiger partial charge on any atom is 0.276 e. The molecule has 0 saturated carbocycles. The summed E-state index contributed by atoms with van der Waals surface area (Å²) >= 11 is 6.33. The zero-order chi connectivity index (χ0) is 18.0. The Bertz CT molecular complexity index is 735. The summed E-state index contributed by atoms with van der Waals surface area (Å²) in [5.41, 5.74) is 0.937. The molecule has 1 amide bonds. The Morgan fingerprint density at radius 1 is 1.20 bits per heavy atom. The average Bonchev–Trinajstić information content (AvgIpc) is 2.61. The summed E-state index contributed by atoms with van der Waals surface area (Å²) in [7, 11) is -3.68. The fourth-order valence-corrected chi connectivity index (χ4v) is 4.56. The maximum atomic E-state index is 13.1. The third-order valence-electron chi connectivity index (χ3n) is 4.95. The van der Waals surface area contributed by atoms with Crippen molar-refractivity contribution in [3.8, 4) is 0 Å². The maximum absolute atomic E-state index is 13.1. The second-order valence-corrected chi connectivity index (χ2v) is 8.44. The monoisotopic (exact) mass is 386 g/mol. The number of amides is 1. The average molecular weight is 387 g/mol. The number of benzene rings is 1. The van der Waals surface area contributed by atoms with E-state index in [0.29, 0.717) is 31.0 Å². The van der Waals surface area contributed by atoms with Crippen molar-refractivity contribution >= 4 is 27.7 Å². The number of carbonyl (C=O) groups is 1. The van der Waals surface area contributed by atoms with Crippen LogP contribution in [0.1, 0.15) is 24.4 Å². The van der Waals surface area contributed by atoms with E-state index < -0.39 is 10.2 Å². The van der Waals surface area contributed by atoms with Crippen LogP contribution < -0.4 is 10.5 Å². The topological polar surface area (TPSA) is 95.7 Å². The minimum absolute atomic E-state index is 0.0699. The SMILES string of the molecule is NS(=O)(=O)N1CCC(C(=O)N2CCNCC2c2ccccc2Cl)CC1. The molecule has 1 unspecified atom stereocenters. The highest BCUT2D eigenvalue weighted by atomic mass is 35.5. The second-order valence-electron chi connectivity index (χ2n) is 6.49. The first-order valence-electron chi connectivity index (χ1n) is 8.41. The first kappa shape index (κ1) is 18.6. The Balaban J connectivity index is 1.73. The van der Waals surface area contributed by atoms with E-state index in [1.165, 1.54) is 4.31 Å². The van der Waals surface area contributed by atoms with Gasteiger partial charge in [-0.25, -0.2) is 5.14 Å². The molecule has 25 heavy (non-hydrogen) atoms. The predicted octanol–water partition coefficient (Wildman–Crippen LogP) is 0.728. The molecular weight excluding hydrogens is 364 g/mol. The molecule has 2 aliphatic rings. The van der Waals surface area contributed by atoms with E-state index in [1.54, 1.807) is 0 Å². The lowest BCUT2D eigenvalue weighted by molar-refractivity contribution is -0.140. The van der Waals surface area contributed by atoms with Crippen LogP contribution in [0.5, 0.6) is 0 Å². The highest BCUT2D eigenvalue weighted by Crippen LogP contribution is 2.31. The van der Waals surface area contributed by atoms with Crippen molar-refractivity contribution < 1.29 is 13.2 Å². The molecule has 9 heteroatoms. The highest BCUT2D eigenvalue weighted by molar-refractivity contribution is 7.86. The van der Waals surface area contributed by atoms with Crippen LogP contribution in [0.25, 0.3) is 0 Å². The van der Waals surface area contributed by atoms with Crippen LogP contribution in [0.2, 0.25) is 5.02 Å². The summed E-state index contributed by atoms with van der Waals surface area (Å²) in [5.74, 6) is -0.110. The van der Waals surface area contributed by atoms with E-state index in [9.17, 15) is 13.2 Å². The lowest BCUT2D eigenvalue weighted by atomic mass is 9.94. The molecule has 0 aromatic heterocycles. The zero-order valence-electron chi connectivity index (χ0n) is 13.9. The minimum Gasteiger partial charge on any atom is -0.333 e. The number of hydrogen-bond acceptors (Lipinski definition) is 4. The molecule has 2 fully saturated rings. The molecule has 2 saturated heterocycles. The Labute approximate surface area is 153 Å². The van der Waals surface area contributed by atoms with Gasteiger partial charge >= 0.3 is 0 Å². The van der Waals surface area contributed by atoms with Crippen LogP contribution >= 0.6 is 11.6 Å². The summed E-state index contributed by atoms with van der Waals surface area (Å²) in [5, 5.41) is 9.14. The summed E-state index contributed by atoms with van der Waals surface area (Å²) in [4.78, 5) is 14.9. The fourth-order valence-electron chi connectivity index (χ4n) is 3.58. The predicted molar refractivity (Wildman–Crippen MR) is 96.2 cm³/mol. The number of carbonyl (C=O) groups excluding carboxylic acids is 1.